The summed E-state index contributed by atoms with van der Waals surface area (Å²) < 4.78 is 5.87. The maximum absolute atomic E-state index is 5.87. The first-order chi connectivity index (χ1) is 9.24. The normalized spacial score (nSPS) is 27.0. The lowest BCUT2D eigenvalue weighted by Crippen LogP contribution is -2.44. The molecule has 0 bridgehead atoms. The van der Waals surface area contributed by atoms with Crippen molar-refractivity contribution in [2.24, 2.45) is 5.41 Å². The van der Waals surface area contributed by atoms with Crippen LogP contribution < -0.4 is 5.32 Å². The molecule has 0 radical (unpaired) electrons. The van der Waals surface area contributed by atoms with Crippen molar-refractivity contribution >= 4 is 0 Å². The van der Waals surface area contributed by atoms with Gasteiger partial charge in [0.1, 0.15) is 0 Å². The molecule has 0 aromatic heterocycles. The maximum Gasteiger partial charge on any atom is 0.0701 e. The van der Waals surface area contributed by atoms with Gasteiger partial charge in [-0.25, -0.2) is 0 Å². The average Bonchev–Trinajstić information content (AvgIpc) is 2.86. The fourth-order valence-corrected chi connectivity index (χ4v) is 3.84. The molecule has 3 heteroatoms. The van der Waals surface area contributed by atoms with Crippen molar-refractivity contribution in [3.8, 4) is 0 Å². The number of nitrogens with zero attached hydrogens (tertiary/aromatic N) is 1. The maximum atomic E-state index is 5.87. The topological polar surface area (TPSA) is 24.5 Å². The van der Waals surface area contributed by atoms with E-state index in [4.69, 9.17) is 4.74 Å². The summed E-state index contributed by atoms with van der Waals surface area (Å²) in [5.41, 5.74) is 0.527. The van der Waals surface area contributed by atoms with Crippen LogP contribution in [0.15, 0.2) is 0 Å². The van der Waals surface area contributed by atoms with Crippen LogP contribution in [0.1, 0.15) is 51.9 Å². The van der Waals surface area contributed by atoms with Gasteiger partial charge in [-0.15, -0.1) is 0 Å². The second-order valence-electron chi connectivity index (χ2n) is 6.67. The van der Waals surface area contributed by atoms with Gasteiger partial charge in [0.25, 0.3) is 0 Å². The zero-order valence-corrected chi connectivity index (χ0v) is 12.9. The molecule has 1 aliphatic heterocycles. The van der Waals surface area contributed by atoms with Crippen molar-refractivity contribution in [3.05, 3.63) is 0 Å². The summed E-state index contributed by atoms with van der Waals surface area (Å²) in [6, 6.07) is 0. The Morgan fingerprint density at radius 2 is 2.00 bits per heavy atom. The number of nitrogens with one attached hydrogen (secondary N) is 1. The number of hydrogen-bond donors (Lipinski definition) is 1. The van der Waals surface area contributed by atoms with Gasteiger partial charge < -0.3 is 15.0 Å². The molecule has 1 saturated heterocycles. The zero-order valence-electron chi connectivity index (χ0n) is 12.9. The van der Waals surface area contributed by atoms with E-state index in [1.807, 2.05) is 0 Å². The molecule has 0 amide bonds. The fraction of sp³-hybridized carbons (Fsp3) is 1.00. The standard InChI is InChI=1S/C16H32N2O/c1-3-17-13-16(9-5-6-10-16)14-18(2)12-15-8-4-7-11-19-15/h15,17H,3-14H2,1-2H3. The molecule has 1 heterocycles. The summed E-state index contributed by atoms with van der Waals surface area (Å²) in [4.78, 5) is 2.53. The quantitative estimate of drug-likeness (QED) is 0.768. The predicted octanol–water partition coefficient (Wildman–Crippen LogP) is 2.66. The molecule has 112 valence electrons. The molecular formula is C16H32N2O. The van der Waals surface area contributed by atoms with Crippen LogP contribution >= 0.6 is 0 Å². The van der Waals surface area contributed by atoms with E-state index < -0.39 is 0 Å². The molecule has 1 unspecified atom stereocenters. The fourth-order valence-electron chi connectivity index (χ4n) is 3.84. The first-order valence-corrected chi connectivity index (χ1v) is 8.25. The third-order valence-electron chi connectivity index (χ3n) is 4.81. The summed E-state index contributed by atoms with van der Waals surface area (Å²) in [5.74, 6) is 0. The summed E-state index contributed by atoms with van der Waals surface area (Å²) in [5, 5.41) is 3.58. The molecule has 1 N–H and O–H groups in total. The van der Waals surface area contributed by atoms with E-state index in [1.54, 1.807) is 0 Å². The molecule has 3 nitrogen and oxygen atoms in total. The Balaban J connectivity index is 1.78. The number of ether oxygens (including phenoxy) is 1. The summed E-state index contributed by atoms with van der Waals surface area (Å²) in [6.07, 6.45) is 9.97. The molecule has 0 spiro atoms. The van der Waals surface area contributed by atoms with E-state index in [9.17, 15) is 0 Å². The number of rotatable bonds is 7. The van der Waals surface area contributed by atoms with Gasteiger partial charge in [-0.05, 0) is 51.1 Å². The molecular weight excluding hydrogens is 236 g/mol. The molecule has 0 aromatic rings. The molecule has 1 aliphatic carbocycles. The minimum Gasteiger partial charge on any atom is -0.377 e. The van der Waals surface area contributed by atoms with Crippen LogP contribution in [-0.4, -0.2) is 50.8 Å². The summed E-state index contributed by atoms with van der Waals surface area (Å²) in [7, 11) is 2.28. The molecule has 19 heavy (non-hydrogen) atoms. The van der Waals surface area contributed by atoms with E-state index in [2.05, 4.69) is 24.2 Å². The SMILES string of the molecule is CCNCC1(CN(C)CC2CCCCO2)CCCC1. The zero-order chi connectivity index (χ0) is 13.6. The first kappa shape index (κ1) is 15.3. The Bertz CT molecular complexity index is 245. The van der Waals surface area contributed by atoms with Gasteiger partial charge in [0, 0.05) is 26.2 Å². The lowest BCUT2D eigenvalue weighted by Gasteiger charge is -2.36. The van der Waals surface area contributed by atoms with E-state index in [1.165, 1.54) is 58.0 Å². The highest BCUT2D eigenvalue weighted by Gasteiger charge is 2.34. The van der Waals surface area contributed by atoms with Crippen molar-refractivity contribution in [2.75, 3.05) is 39.8 Å². The molecule has 1 saturated carbocycles. The van der Waals surface area contributed by atoms with Crippen molar-refractivity contribution in [3.63, 3.8) is 0 Å². The van der Waals surface area contributed by atoms with E-state index in [0.717, 1.165) is 19.7 Å². The van der Waals surface area contributed by atoms with Crippen LogP contribution in [-0.2, 0) is 4.74 Å². The minimum atomic E-state index is 0.483. The van der Waals surface area contributed by atoms with Crippen molar-refractivity contribution in [1.29, 1.82) is 0 Å². The Kier molecular flexibility index (Phi) is 6.11. The monoisotopic (exact) mass is 268 g/mol. The van der Waals surface area contributed by atoms with E-state index >= 15 is 0 Å². The second kappa shape index (κ2) is 7.61. The minimum absolute atomic E-state index is 0.483. The second-order valence-corrected chi connectivity index (χ2v) is 6.67. The van der Waals surface area contributed by atoms with Gasteiger partial charge in [0.2, 0.25) is 0 Å². The average molecular weight is 268 g/mol. The Hall–Kier alpha value is -0.120. The predicted molar refractivity (Wildman–Crippen MR) is 80.5 cm³/mol. The highest BCUT2D eigenvalue weighted by atomic mass is 16.5. The van der Waals surface area contributed by atoms with Crippen LogP contribution in [0.3, 0.4) is 0 Å². The van der Waals surface area contributed by atoms with Gasteiger partial charge in [-0.2, -0.15) is 0 Å². The van der Waals surface area contributed by atoms with Gasteiger partial charge in [0.15, 0.2) is 0 Å². The largest absolute Gasteiger partial charge is 0.377 e. The Labute approximate surface area is 119 Å². The van der Waals surface area contributed by atoms with Crippen molar-refractivity contribution < 1.29 is 4.74 Å². The molecule has 2 rings (SSSR count). The van der Waals surface area contributed by atoms with Crippen LogP contribution in [0.5, 0.6) is 0 Å². The first-order valence-electron chi connectivity index (χ1n) is 8.25. The number of hydrogen-bond acceptors (Lipinski definition) is 3. The summed E-state index contributed by atoms with van der Waals surface area (Å²) in [6.45, 7) is 7.83. The van der Waals surface area contributed by atoms with Crippen LogP contribution in [0.25, 0.3) is 0 Å². The lowest BCUT2D eigenvalue weighted by molar-refractivity contribution is -0.00761. The van der Waals surface area contributed by atoms with E-state index in [-0.39, 0.29) is 0 Å². The van der Waals surface area contributed by atoms with Gasteiger partial charge >= 0.3 is 0 Å². The van der Waals surface area contributed by atoms with E-state index in [0.29, 0.717) is 11.5 Å². The van der Waals surface area contributed by atoms with Crippen molar-refractivity contribution in [1.82, 2.24) is 10.2 Å². The Morgan fingerprint density at radius 1 is 1.21 bits per heavy atom. The summed E-state index contributed by atoms with van der Waals surface area (Å²) >= 11 is 0. The molecule has 2 fully saturated rings. The van der Waals surface area contributed by atoms with Crippen molar-refractivity contribution in [2.45, 2.75) is 58.0 Å². The molecule has 1 atom stereocenters. The van der Waals surface area contributed by atoms with Crippen LogP contribution in [0, 0.1) is 5.41 Å². The van der Waals surface area contributed by atoms with Crippen LogP contribution in [0.4, 0.5) is 0 Å². The Morgan fingerprint density at radius 3 is 2.63 bits per heavy atom. The molecule has 0 aromatic carbocycles. The third kappa shape index (κ3) is 4.73. The van der Waals surface area contributed by atoms with Gasteiger partial charge in [-0.1, -0.05) is 19.8 Å². The highest BCUT2D eigenvalue weighted by Crippen LogP contribution is 2.38. The van der Waals surface area contributed by atoms with Crippen LogP contribution in [0.2, 0.25) is 0 Å². The van der Waals surface area contributed by atoms with Gasteiger partial charge in [-0.3, -0.25) is 0 Å². The lowest BCUT2D eigenvalue weighted by atomic mass is 9.85. The molecule has 2 aliphatic rings. The highest BCUT2D eigenvalue weighted by molar-refractivity contribution is 4.89. The van der Waals surface area contributed by atoms with Gasteiger partial charge in [0.05, 0.1) is 6.10 Å². The third-order valence-corrected chi connectivity index (χ3v) is 4.81. The smallest absolute Gasteiger partial charge is 0.0701 e. The number of likely N-dealkylation sites (N-methyl/N-ethyl adjacent to an activating group) is 1.